The van der Waals surface area contributed by atoms with Crippen LogP contribution >= 0.6 is 0 Å². The highest BCUT2D eigenvalue weighted by Crippen LogP contribution is 2.26. The van der Waals surface area contributed by atoms with Gasteiger partial charge >= 0.3 is 0 Å². The first-order valence-corrected chi connectivity index (χ1v) is 10.8. The number of benzene rings is 1. The number of amides is 1. The van der Waals surface area contributed by atoms with Crippen molar-refractivity contribution >= 4 is 5.91 Å². The Morgan fingerprint density at radius 2 is 1.86 bits per heavy atom. The minimum absolute atomic E-state index is 0.237. The number of fused-ring (bicyclic) bond motifs is 1. The summed E-state index contributed by atoms with van der Waals surface area (Å²) in [4.78, 5) is 16.3. The van der Waals surface area contributed by atoms with Crippen LogP contribution in [0.25, 0.3) is 0 Å². The lowest BCUT2D eigenvalue weighted by Gasteiger charge is -2.34. The van der Waals surface area contributed by atoms with Gasteiger partial charge < -0.3 is 14.9 Å². The van der Waals surface area contributed by atoms with Crippen molar-refractivity contribution in [3.8, 4) is 0 Å². The highest BCUT2D eigenvalue weighted by molar-refractivity contribution is 5.75. The second kappa shape index (κ2) is 8.52. The predicted molar refractivity (Wildman–Crippen MR) is 112 cm³/mol. The standard InChI is InChI=1S/C24H32N2O2/c1-2-24(28)26-14-9-20(10-15-26)23(27)17-18-6-7-19-8-12-25(22-4-3-5-22)13-11-21(19)16-18/h3-7,16,20,23,27H,2,8-15,17H2,1H3. The Morgan fingerprint density at radius 3 is 2.50 bits per heavy atom. The molecule has 4 heteroatoms. The van der Waals surface area contributed by atoms with E-state index in [1.165, 1.54) is 22.4 Å². The fourth-order valence-corrected chi connectivity index (χ4v) is 4.72. The van der Waals surface area contributed by atoms with E-state index in [1.54, 1.807) is 0 Å². The summed E-state index contributed by atoms with van der Waals surface area (Å²) in [5.74, 6) is 0.536. The second-order valence-corrected chi connectivity index (χ2v) is 8.38. The van der Waals surface area contributed by atoms with E-state index >= 15 is 0 Å². The van der Waals surface area contributed by atoms with Crippen LogP contribution in [-0.4, -0.2) is 53.1 Å². The first kappa shape index (κ1) is 19.3. The number of carbonyl (C=O) groups is 1. The van der Waals surface area contributed by atoms with Crippen molar-refractivity contribution in [3.63, 3.8) is 0 Å². The van der Waals surface area contributed by atoms with Crippen LogP contribution in [0.5, 0.6) is 0 Å². The number of carbonyl (C=O) groups excluding carboxylic acids is 1. The molecule has 0 radical (unpaired) electrons. The summed E-state index contributed by atoms with van der Waals surface area (Å²) < 4.78 is 0. The Bertz CT molecular complexity index is 775. The van der Waals surface area contributed by atoms with Gasteiger partial charge in [-0.25, -0.2) is 0 Å². The molecule has 4 nitrogen and oxygen atoms in total. The number of aliphatic hydroxyl groups excluding tert-OH is 1. The molecule has 0 bridgehead atoms. The van der Waals surface area contributed by atoms with Gasteiger partial charge in [-0.2, -0.15) is 0 Å². The van der Waals surface area contributed by atoms with Gasteiger partial charge in [0, 0.05) is 38.3 Å². The summed E-state index contributed by atoms with van der Waals surface area (Å²) in [5.41, 5.74) is 5.50. The van der Waals surface area contributed by atoms with E-state index in [9.17, 15) is 9.90 Å². The zero-order valence-electron chi connectivity index (χ0n) is 16.9. The molecule has 1 aromatic rings. The van der Waals surface area contributed by atoms with E-state index < -0.39 is 0 Å². The van der Waals surface area contributed by atoms with Crippen LogP contribution in [0.4, 0.5) is 0 Å². The maximum atomic E-state index is 11.8. The van der Waals surface area contributed by atoms with Crippen LogP contribution in [0.15, 0.2) is 42.1 Å². The highest BCUT2D eigenvalue weighted by Gasteiger charge is 2.27. The summed E-state index contributed by atoms with van der Waals surface area (Å²) in [6.07, 6.45) is 11.5. The number of nitrogens with zero attached hydrogens (tertiary/aromatic N) is 2. The molecule has 0 saturated carbocycles. The monoisotopic (exact) mass is 380 g/mol. The summed E-state index contributed by atoms with van der Waals surface area (Å²) in [6, 6.07) is 6.80. The number of piperidine rings is 1. The largest absolute Gasteiger partial charge is 0.392 e. The number of hydrogen-bond acceptors (Lipinski definition) is 3. The molecule has 1 amide bonds. The summed E-state index contributed by atoms with van der Waals surface area (Å²) >= 11 is 0. The van der Waals surface area contributed by atoms with Crippen molar-refractivity contribution in [1.82, 2.24) is 9.80 Å². The van der Waals surface area contributed by atoms with Gasteiger partial charge in [0.2, 0.25) is 5.91 Å². The zero-order chi connectivity index (χ0) is 19.5. The maximum Gasteiger partial charge on any atom is 0.222 e. The third-order valence-corrected chi connectivity index (χ3v) is 6.66. The van der Waals surface area contributed by atoms with Crippen LogP contribution < -0.4 is 0 Å². The normalized spacial score (nSPS) is 20.9. The van der Waals surface area contributed by atoms with Crippen molar-refractivity contribution in [2.75, 3.05) is 26.2 Å². The summed E-state index contributed by atoms with van der Waals surface area (Å²) in [6.45, 7) is 5.65. The van der Waals surface area contributed by atoms with Gasteiger partial charge in [-0.15, -0.1) is 0 Å². The first-order chi connectivity index (χ1) is 13.6. The van der Waals surface area contributed by atoms with Crippen molar-refractivity contribution in [2.45, 2.75) is 51.6 Å². The lowest BCUT2D eigenvalue weighted by molar-refractivity contribution is -0.132. The lowest BCUT2D eigenvalue weighted by atomic mass is 9.87. The highest BCUT2D eigenvalue weighted by atomic mass is 16.3. The van der Waals surface area contributed by atoms with Gasteiger partial charge in [-0.1, -0.05) is 31.2 Å². The fraction of sp³-hybridized carbons (Fsp3) is 0.542. The minimum Gasteiger partial charge on any atom is -0.392 e. The predicted octanol–water partition coefficient (Wildman–Crippen LogP) is 3.09. The number of allylic oxidation sites excluding steroid dienone is 3. The van der Waals surface area contributed by atoms with Gasteiger partial charge in [-0.3, -0.25) is 4.79 Å². The number of rotatable bonds is 5. The molecule has 3 aliphatic rings. The van der Waals surface area contributed by atoms with Crippen molar-refractivity contribution in [1.29, 1.82) is 0 Å². The average molecular weight is 381 g/mol. The molecular weight excluding hydrogens is 348 g/mol. The number of aliphatic hydroxyl groups is 1. The van der Waals surface area contributed by atoms with Gasteiger partial charge in [0.1, 0.15) is 0 Å². The Labute approximate surface area is 168 Å². The lowest BCUT2D eigenvalue weighted by Crippen LogP contribution is -2.41. The number of likely N-dealkylation sites (tertiary alicyclic amines) is 1. The van der Waals surface area contributed by atoms with Crippen molar-refractivity contribution in [3.05, 3.63) is 58.8 Å². The molecule has 1 aliphatic carbocycles. The minimum atomic E-state index is -0.315. The smallest absolute Gasteiger partial charge is 0.222 e. The zero-order valence-corrected chi connectivity index (χ0v) is 16.9. The molecule has 2 heterocycles. The molecule has 1 fully saturated rings. The van der Waals surface area contributed by atoms with Gasteiger partial charge in [0.05, 0.1) is 6.10 Å². The van der Waals surface area contributed by atoms with Crippen LogP contribution in [0.3, 0.4) is 0 Å². The van der Waals surface area contributed by atoms with Gasteiger partial charge in [0.15, 0.2) is 0 Å². The molecule has 2 aliphatic heterocycles. The van der Waals surface area contributed by atoms with E-state index in [4.69, 9.17) is 0 Å². The van der Waals surface area contributed by atoms with Crippen LogP contribution in [0.1, 0.15) is 42.9 Å². The Balaban J connectivity index is 1.33. The van der Waals surface area contributed by atoms with Crippen LogP contribution in [0.2, 0.25) is 0 Å². The van der Waals surface area contributed by atoms with Crippen LogP contribution in [0, 0.1) is 5.92 Å². The Kier molecular flexibility index (Phi) is 5.86. The van der Waals surface area contributed by atoms with E-state index in [2.05, 4.69) is 41.3 Å². The SMILES string of the molecule is CCC(=O)N1CCC(C(O)Cc2ccc3c(c2)CCN(C2=CC=C2)CC3)CC1. The topological polar surface area (TPSA) is 43.8 Å². The summed E-state index contributed by atoms with van der Waals surface area (Å²) in [5, 5.41) is 10.8. The Morgan fingerprint density at radius 1 is 1.14 bits per heavy atom. The van der Waals surface area contributed by atoms with E-state index in [0.29, 0.717) is 12.3 Å². The molecule has 1 aromatic carbocycles. The third kappa shape index (κ3) is 4.17. The fourth-order valence-electron chi connectivity index (χ4n) is 4.72. The molecule has 0 spiro atoms. The second-order valence-electron chi connectivity index (χ2n) is 8.38. The van der Waals surface area contributed by atoms with Gasteiger partial charge in [-0.05, 0) is 66.9 Å². The molecule has 1 N–H and O–H groups in total. The van der Waals surface area contributed by atoms with E-state index in [0.717, 1.165) is 58.3 Å². The van der Waals surface area contributed by atoms with E-state index in [1.807, 2.05) is 11.8 Å². The number of hydrogen-bond donors (Lipinski definition) is 1. The Hall–Kier alpha value is -2.07. The molecule has 28 heavy (non-hydrogen) atoms. The summed E-state index contributed by atoms with van der Waals surface area (Å²) in [7, 11) is 0. The molecule has 0 aromatic heterocycles. The van der Waals surface area contributed by atoms with Crippen molar-refractivity contribution < 1.29 is 9.90 Å². The molecule has 150 valence electrons. The van der Waals surface area contributed by atoms with Crippen LogP contribution in [-0.2, 0) is 24.1 Å². The van der Waals surface area contributed by atoms with E-state index in [-0.39, 0.29) is 12.0 Å². The maximum absolute atomic E-state index is 11.8. The molecule has 1 saturated heterocycles. The molecule has 1 unspecified atom stereocenters. The molecular formula is C24H32N2O2. The third-order valence-electron chi connectivity index (χ3n) is 6.66. The van der Waals surface area contributed by atoms with Crippen molar-refractivity contribution in [2.24, 2.45) is 5.92 Å². The molecule has 4 rings (SSSR count). The molecule has 1 atom stereocenters. The average Bonchev–Trinajstić information content (AvgIpc) is 2.88. The van der Waals surface area contributed by atoms with Gasteiger partial charge in [0.25, 0.3) is 0 Å². The first-order valence-electron chi connectivity index (χ1n) is 10.8. The quantitative estimate of drug-likeness (QED) is 0.854.